The van der Waals surface area contributed by atoms with Gasteiger partial charge in [-0.3, -0.25) is 14.4 Å². The average molecular weight is 498 g/mol. The molecule has 1 saturated carbocycles. The van der Waals surface area contributed by atoms with Gasteiger partial charge in [0.05, 0.1) is 30.1 Å². The molecule has 3 heterocycles. The van der Waals surface area contributed by atoms with Crippen LogP contribution in [0.5, 0.6) is 0 Å². The number of amides is 3. The maximum Gasteiger partial charge on any atom is 0.246 e. The predicted molar refractivity (Wildman–Crippen MR) is 135 cm³/mol. The fraction of sp³-hybridized carbons (Fsp3) is 0.679. The first-order valence-corrected chi connectivity index (χ1v) is 13.6. The molecule has 3 unspecified atom stereocenters. The van der Waals surface area contributed by atoms with Crippen LogP contribution >= 0.6 is 0 Å². The lowest BCUT2D eigenvalue weighted by molar-refractivity contribution is -0.150. The lowest BCUT2D eigenvalue weighted by Gasteiger charge is -2.37. The molecule has 1 aromatic rings. The zero-order valence-corrected chi connectivity index (χ0v) is 21.5. The van der Waals surface area contributed by atoms with Crippen LogP contribution in [-0.2, 0) is 19.1 Å². The average Bonchev–Trinajstić information content (AvgIpc) is 3.38. The fourth-order valence-corrected chi connectivity index (χ4v) is 7.45. The predicted octanol–water partition coefficient (Wildman–Crippen LogP) is 2.86. The van der Waals surface area contributed by atoms with Crippen LogP contribution in [0.25, 0.3) is 0 Å². The van der Waals surface area contributed by atoms with E-state index in [-0.39, 0.29) is 36.3 Å². The van der Waals surface area contributed by atoms with Crippen molar-refractivity contribution in [3.63, 3.8) is 0 Å². The van der Waals surface area contributed by atoms with Crippen LogP contribution < -0.4 is 10.6 Å². The number of fused-ring (bicyclic) bond motifs is 1. The van der Waals surface area contributed by atoms with E-state index in [9.17, 15) is 19.5 Å². The van der Waals surface area contributed by atoms with Crippen LogP contribution in [0.1, 0.15) is 65.7 Å². The minimum Gasteiger partial charge on any atom is -0.394 e. The van der Waals surface area contributed by atoms with Crippen molar-refractivity contribution in [1.29, 1.82) is 0 Å². The van der Waals surface area contributed by atoms with Gasteiger partial charge in [0, 0.05) is 11.7 Å². The molecule has 8 nitrogen and oxygen atoms in total. The number of anilines is 1. The number of carbonyl (C=O) groups excluding carboxylic acids is 3. The highest BCUT2D eigenvalue weighted by atomic mass is 16.5. The molecule has 3 aliphatic heterocycles. The van der Waals surface area contributed by atoms with E-state index in [1.807, 2.05) is 51.1 Å². The van der Waals surface area contributed by atoms with Crippen molar-refractivity contribution in [1.82, 2.24) is 10.2 Å². The molecule has 196 valence electrons. The van der Waals surface area contributed by atoms with Gasteiger partial charge in [0.2, 0.25) is 17.7 Å². The lowest BCUT2D eigenvalue weighted by Crippen LogP contribution is -2.59. The maximum atomic E-state index is 14.1. The van der Waals surface area contributed by atoms with E-state index < -0.39 is 35.1 Å². The summed E-state index contributed by atoms with van der Waals surface area (Å²) in [7, 11) is 0. The monoisotopic (exact) mass is 497 g/mol. The number of nitrogens with one attached hydrogen (secondary N) is 2. The Morgan fingerprint density at radius 3 is 2.50 bits per heavy atom. The van der Waals surface area contributed by atoms with Gasteiger partial charge in [-0.2, -0.15) is 0 Å². The summed E-state index contributed by atoms with van der Waals surface area (Å²) >= 11 is 0. The summed E-state index contributed by atoms with van der Waals surface area (Å²) in [6, 6.07) is 7.90. The summed E-state index contributed by atoms with van der Waals surface area (Å²) in [4.78, 5) is 43.4. The molecule has 0 radical (unpaired) electrons. The highest BCUT2D eigenvalue weighted by molar-refractivity contribution is 6.02. The third-order valence-corrected chi connectivity index (χ3v) is 9.35. The Labute approximate surface area is 213 Å². The number of rotatable bonds is 7. The summed E-state index contributed by atoms with van der Waals surface area (Å²) in [5, 5.41) is 16.4. The van der Waals surface area contributed by atoms with Crippen molar-refractivity contribution in [3.8, 4) is 0 Å². The van der Waals surface area contributed by atoms with Crippen LogP contribution in [0, 0.1) is 17.8 Å². The van der Waals surface area contributed by atoms with Gasteiger partial charge < -0.3 is 25.4 Å². The van der Waals surface area contributed by atoms with Crippen molar-refractivity contribution in [2.24, 2.45) is 17.8 Å². The number of likely N-dealkylation sites (tertiary alicyclic amines) is 1. The molecule has 0 aromatic heterocycles. The van der Waals surface area contributed by atoms with Gasteiger partial charge in [-0.25, -0.2) is 0 Å². The van der Waals surface area contributed by atoms with E-state index in [1.54, 1.807) is 4.90 Å². The molecule has 8 heteroatoms. The summed E-state index contributed by atoms with van der Waals surface area (Å²) < 4.78 is 6.75. The lowest BCUT2D eigenvalue weighted by atomic mass is 9.62. The normalized spacial score (nSPS) is 36.6. The van der Waals surface area contributed by atoms with Gasteiger partial charge in [0.25, 0.3) is 0 Å². The van der Waals surface area contributed by atoms with Gasteiger partial charge in [0.1, 0.15) is 11.6 Å². The van der Waals surface area contributed by atoms with Crippen LogP contribution in [0.4, 0.5) is 5.69 Å². The van der Waals surface area contributed by atoms with Crippen molar-refractivity contribution in [2.75, 3.05) is 11.9 Å². The number of benzene rings is 1. The SMILES string of the molecule is CC[C@@H](CO)N1C(=O)[C@@H]2[C@H](C(=O)Nc3ccccc3)[C@@]3(C)OC2(CC3C)C1C(=O)NC1CCCCC1. The molecule has 4 fully saturated rings. The second-order valence-corrected chi connectivity index (χ2v) is 11.4. The molecular formula is C28H39N3O5. The van der Waals surface area contributed by atoms with Gasteiger partial charge in [-0.1, -0.05) is 51.3 Å². The number of para-hydroxylation sites is 1. The largest absolute Gasteiger partial charge is 0.394 e. The first kappa shape index (κ1) is 25.2. The summed E-state index contributed by atoms with van der Waals surface area (Å²) in [5.74, 6) is -2.27. The van der Waals surface area contributed by atoms with Crippen molar-refractivity contribution < 1.29 is 24.2 Å². The molecule has 3 amide bonds. The number of carbonyl (C=O) groups is 3. The number of aliphatic hydroxyl groups is 1. The zero-order valence-electron chi connectivity index (χ0n) is 21.5. The minimum absolute atomic E-state index is 0.0211. The number of ether oxygens (including phenoxy) is 1. The highest BCUT2D eigenvalue weighted by Gasteiger charge is 2.80. The molecule has 3 saturated heterocycles. The third kappa shape index (κ3) is 3.76. The van der Waals surface area contributed by atoms with E-state index in [1.165, 1.54) is 6.42 Å². The van der Waals surface area contributed by atoms with E-state index in [4.69, 9.17) is 4.74 Å². The van der Waals surface area contributed by atoms with Crippen LogP contribution in [0.3, 0.4) is 0 Å². The number of aliphatic hydroxyl groups excluding tert-OH is 1. The van der Waals surface area contributed by atoms with Crippen molar-refractivity contribution in [3.05, 3.63) is 30.3 Å². The quantitative estimate of drug-likeness (QED) is 0.537. The molecule has 36 heavy (non-hydrogen) atoms. The molecule has 4 aliphatic rings. The van der Waals surface area contributed by atoms with E-state index in [0.717, 1.165) is 25.7 Å². The molecular weight excluding hydrogens is 458 g/mol. The number of hydrogen-bond donors (Lipinski definition) is 3. The standard InChI is InChI=1S/C28H39N3O5/c1-4-20(16-32)31-23(25(34)30-19-13-9-6-10-14-19)28-15-17(2)27(3,36-28)21(22(28)26(31)35)24(33)29-18-11-7-5-8-12-18/h5,7-8,11-12,17,19-23,32H,4,6,9-10,13-16H2,1-3H3,(H,29,33)(H,30,34)/t17?,20-,21+,22-,23?,27-,28?/m0/s1. The van der Waals surface area contributed by atoms with E-state index in [2.05, 4.69) is 10.6 Å². The Hall–Kier alpha value is -2.45. The Morgan fingerprint density at radius 1 is 1.17 bits per heavy atom. The third-order valence-electron chi connectivity index (χ3n) is 9.35. The van der Waals surface area contributed by atoms with Crippen LogP contribution in [0.2, 0.25) is 0 Å². The molecule has 1 aliphatic carbocycles. The molecule has 3 N–H and O–H groups in total. The summed E-state index contributed by atoms with van der Waals surface area (Å²) in [5.41, 5.74) is -1.30. The van der Waals surface area contributed by atoms with E-state index >= 15 is 0 Å². The second-order valence-electron chi connectivity index (χ2n) is 11.4. The molecule has 7 atom stereocenters. The maximum absolute atomic E-state index is 14.1. The topological polar surface area (TPSA) is 108 Å². The van der Waals surface area contributed by atoms with Crippen molar-refractivity contribution >= 4 is 23.4 Å². The van der Waals surface area contributed by atoms with Crippen molar-refractivity contribution in [2.45, 2.75) is 95.0 Å². The molecule has 1 aromatic carbocycles. The van der Waals surface area contributed by atoms with Gasteiger partial charge in [0.15, 0.2) is 0 Å². The van der Waals surface area contributed by atoms with Gasteiger partial charge in [-0.15, -0.1) is 0 Å². The van der Waals surface area contributed by atoms with E-state index in [0.29, 0.717) is 18.5 Å². The Bertz CT molecular complexity index is 1010. The van der Waals surface area contributed by atoms with Crippen LogP contribution in [0.15, 0.2) is 30.3 Å². The summed E-state index contributed by atoms with van der Waals surface area (Å²) in [6.07, 6.45) is 6.21. The zero-order chi connectivity index (χ0) is 25.7. The Balaban J connectivity index is 1.53. The second kappa shape index (κ2) is 9.45. The number of hydrogen-bond acceptors (Lipinski definition) is 5. The smallest absolute Gasteiger partial charge is 0.246 e. The van der Waals surface area contributed by atoms with Gasteiger partial charge >= 0.3 is 0 Å². The highest BCUT2D eigenvalue weighted by Crippen LogP contribution is 2.65. The van der Waals surface area contributed by atoms with Gasteiger partial charge in [-0.05, 0) is 50.7 Å². The number of nitrogens with zero attached hydrogens (tertiary/aromatic N) is 1. The fourth-order valence-electron chi connectivity index (χ4n) is 7.45. The summed E-state index contributed by atoms with van der Waals surface area (Å²) in [6.45, 7) is 5.61. The Morgan fingerprint density at radius 2 is 1.86 bits per heavy atom. The minimum atomic E-state index is -1.09. The van der Waals surface area contributed by atoms with Crippen LogP contribution in [-0.4, -0.2) is 63.7 Å². The molecule has 1 spiro atoms. The first-order valence-electron chi connectivity index (χ1n) is 13.6. The molecule has 2 bridgehead atoms. The Kier molecular flexibility index (Phi) is 6.62. The first-order chi connectivity index (χ1) is 17.3. The molecule has 5 rings (SSSR count).